The van der Waals surface area contributed by atoms with Gasteiger partial charge in [0.2, 0.25) is 0 Å². The zero-order valence-electron chi connectivity index (χ0n) is 13.2. The number of rotatable bonds is 5. The molecule has 1 aliphatic heterocycles. The molecule has 0 radical (unpaired) electrons. The van der Waals surface area contributed by atoms with Crippen molar-refractivity contribution in [3.05, 3.63) is 28.2 Å². The quantitative estimate of drug-likeness (QED) is 0.879. The third kappa shape index (κ3) is 3.77. The average Bonchev–Trinajstić information content (AvgIpc) is 2.48. The fourth-order valence-corrected chi connectivity index (χ4v) is 3.44. The minimum atomic E-state index is 0.134. The summed E-state index contributed by atoms with van der Waals surface area (Å²) in [6, 6.07) is 6.83. The van der Waals surface area contributed by atoms with Crippen molar-refractivity contribution in [2.45, 2.75) is 32.0 Å². The number of ether oxygens (including phenoxy) is 2. The van der Waals surface area contributed by atoms with Crippen LogP contribution in [0, 0.1) is 0 Å². The van der Waals surface area contributed by atoms with Crippen molar-refractivity contribution in [1.29, 1.82) is 0 Å². The second-order valence-electron chi connectivity index (χ2n) is 5.63. The molecule has 0 aliphatic carbocycles. The van der Waals surface area contributed by atoms with Crippen LogP contribution in [0.1, 0.15) is 25.5 Å². The molecule has 1 aromatic rings. The fraction of sp³-hybridized carbons (Fsp3) is 0.625. The Hall–Kier alpha value is -0.620. The molecule has 2 atom stereocenters. The van der Waals surface area contributed by atoms with Crippen molar-refractivity contribution >= 4 is 15.9 Å². The van der Waals surface area contributed by atoms with Crippen molar-refractivity contribution < 1.29 is 9.47 Å². The third-order valence-corrected chi connectivity index (χ3v) is 4.70. The highest BCUT2D eigenvalue weighted by Gasteiger charge is 2.35. The highest BCUT2D eigenvalue weighted by atomic mass is 79.9. The van der Waals surface area contributed by atoms with Crippen LogP contribution in [0.2, 0.25) is 0 Å². The number of hydrogen-bond acceptors (Lipinski definition) is 4. The van der Waals surface area contributed by atoms with E-state index in [0.29, 0.717) is 6.04 Å². The molecule has 1 aromatic carbocycles. The van der Waals surface area contributed by atoms with Gasteiger partial charge in [-0.15, -0.1) is 0 Å². The van der Waals surface area contributed by atoms with Crippen LogP contribution in [-0.2, 0) is 4.74 Å². The summed E-state index contributed by atoms with van der Waals surface area (Å²) in [5.41, 5.74) is 1.23. The van der Waals surface area contributed by atoms with Crippen LogP contribution >= 0.6 is 15.9 Å². The first-order chi connectivity index (χ1) is 10.1. The van der Waals surface area contributed by atoms with Crippen molar-refractivity contribution in [3.8, 4) is 5.75 Å². The van der Waals surface area contributed by atoms with E-state index in [1.807, 2.05) is 13.1 Å². The first kappa shape index (κ1) is 16.7. The number of nitrogens with zero attached hydrogens (tertiary/aromatic N) is 1. The number of morpholine rings is 1. The number of benzene rings is 1. The van der Waals surface area contributed by atoms with Crippen LogP contribution in [0.25, 0.3) is 0 Å². The molecule has 2 unspecified atom stereocenters. The first-order valence-corrected chi connectivity index (χ1v) is 8.23. The van der Waals surface area contributed by atoms with Gasteiger partial charge < -0.3 is 14.8 Å². The number of likely N-dealkylation sites (N-methyl/N-ethyl adjacent to an activating group) is 1. The largest absolute Gasteiger partial charge is 0.497 e. The third-order valence-electron chi connectivity index (χ3n) is 3.98. The minimum Gasteiger partial charge on any atom is -0.497 e. The van der Waals surface area contributed by atoms with Gasteiger partial charge in [-0.2, -0.15) is 0 Å². The maximum absolute atomic E-state index is 6.03. The summed E-state index contributed by atoms with van der Waals surface area (Å²) in [7, 11) is 3.67. The molecule has 0 spiro atoms. The second kappa shape index (κ2) is 7.58. The highest BCUT2D eigenvalue weighted by molar-refractivity contribution is 9.10. The topological polar surface area (TPSA) is 33.7 Å². The van der Waals surface area contributed by atoms with Gasteiger partial charge in [-0.3, -0.25) is 4.90 Å². The number of halogens is 1. The van der Waals surface area contributed by atoms with E-state index in [1.54, 1.807) is 7.11 Å². The van der Waals surface area contributed by atoms with E-state index in [2.05, 4.69) is 52.1 Å². The zero-order chi connectivity index (χ0) is 15.4. The Labute approximate surface area is 135 Å². The lowest BCUT2D eigenvalue weighted by atomic mass is 9.96. The predicted molar refractivity (Wildman–Crippen MR) is 88.9 cm³/mol. The van der Waals surface area contributed by atoms with E-state index in [9.17, 15) is 0 Å². The van der Waals surface area contributed by atoms with Crippen LogP contribution in [-0.4, -0.2) is 50.9 Å². The average molecular weight is 357 g/mol. The first-order valence-electron chi connectivity index (χ1n) is 7.43. The maximum atomic E-state index is 6.03. The van der Waals surface area contributed by atoms with Gasteiger partial charge in [-0.25, -0.2) is 0 Å². The van der Waals surface area contributed by atoms with E-state index >= 15 is 0 Å². The molecule has 0 amide bonds. The lowest BCUT2D eigenvalue weighted by molar-refractivity contribution is -0.0817. The van der Waals surface area contributed by atoms with Crippen molar-refractivity contribution in [1.82, 2.24) is 10.2 Å². The molecule has 0 saturated carbocycles. The molecule has 1 N–H and O–H groups in total. The molecule has 5 heteroatoms. The molecule has 1 heterocycles. The van der Waals surface area contributed by atoms with Gasteiger partial charge in [0.15, 0.2) is 0 Å². The number of methoxy groups -OCH3 is 1. The van der Waals surface area contributed by atoms with Crippen molar-refractivity contribution in [3.63, 3.8) is 0 Å². The lowest BCUT2D eigenvalue weighted by Crippen LogP contribution is -2.51. The van der Waals surface area contributed by atoms with Gasteiger partial charge in [-0.05, 0) is 44.7 Å². The van der Waals surface area contributed by atoms with Gasteiger partial charge in [0.1, 0.15) is 5.75 Å². The van der Waals surface area contributed by atoms with Crippen LogP contribution in [0.5, 0.6) is 5.75 Å². The van der Waals surface area contributed by atoms with Crippen LogP contribution in [0.4, 0.5) is 0 Å². The molecular formula is C16H25BrN2O2. The summed E-state index contributed by atoms with van der Waals surface area (Å²) in [5, 5.41) is 3.25. The summed E-state index contributed by atoms with van der Waals surface area (Å²) in [6.45, 7) is 7.04. The molecule has 118 valence electrons. The summed E-state index contributed by atoms with van der Waals surface area (Å²) < 4.78 is 12.5. The Morgan fingerprint density at radius 2 is 2.24 bits per heavy atom. The van der Waals surface area contributed by atoms with Gasteiger partial charge in [-0.1, -0.05) is 15.9 Å². The van der Waals surface area contributed by atoms with Gasteiger partial charge in [0, 0.05) is 23.6 Å². The highest BCUT2D eigenvalue weighted by Crippen LogP contribution is 2.37. The Kier molecular flexibility index (Phi) is 6.05. The van der Waals surface area contributed by atoms with E-state index in [-0.39, 0.29) is 12.1 Å². The summed E-state index contributed by atoms with van der Waals surface area (Å²) in [5.74, 6) is 0.880. The van der Waals surface area contributed by atoms with E-state index in [0.717, 1.165) is 29.9 Å². The van der Waals surface area contributed by atoms with Gasteiger partial charge in [0.05, 0.1) is 25.9 Å². The maximum Gasteiger partial charge on any atom is 0.119 e. The van der Waals surface area contributed by atoms with E-state index in [4.69, 9.17) is 9.47 Å². The smallest absolute Gasteiger partial charge is 0.119 e. The Morgan fingerprint density at radius 3 is 2.86 bits per heavy atom. The minimum absolute atomic E-state index is 0.134. The molecule has 1 aliphatic rings. The number of hydrogen-bond donors (Lipinski definition) is 1. The van der Waals surface area contributed by atoms with Crippen molar-refractivity contribution in [2.75, 3.05) is 33.9 Å². The lowest BCUT2D eigenvalue weighted by Gasteiger charge is -2.44. The zero-order valence-corrected chi connectivity index (χ0v) is 14.8. The molecule has 21 heavy (non-hydrogen) atoms. The molecule has 0 aromatic heterocycles. The van der Waals surface area contributed by atoms with Crippen LogP contribution < -0.4 is 10.1 Å². The standard InChI is InChI=1S/C16H25BrN2O2/c1-11(2)19-7-8-21-15(10-18-3)16(19)13-9-12(20-4)5-6-14(13)17/h5-6,9,11,15-16,18H,7-8,10H2,1-4H3. The summed E-state index contributed by atoms with van der Waals surface area (Å²) in [4.78, 5) is 2.50. The number of nitrogens with one attached hydrogen (secondary N) is 1. The Balaban J connectivity index is 2.41. The van der Waals surface area contributed by atoms with Crippen LogP contribution in [0.3, 0.4) is 0 Å². The normalized spacial score (nSPS) is 23.5. The molecule has 0 bridgehead atoms. The molecule has 2 rings (SSSR count). The van der Waals surface area contributed by atoms with Crippen LogP contribution in [0.15, 0.2) is 22.7 Å². The summed E-state index contributed by atoms with van der Waals surface area (Å²) >= 11 is 3.69. The van der Waals surface area contributed by atoms with Crippen molar-refractivity contribution in [2.24, 2.45) is 0 Å². The monoisotopic (exact) mass is 356 g/mol. The second-order valence-corrected chi connectivity index (χ2v) is 6.49. The Morgan fingerprint density at radius 1 is 1.48 bits per heavy atom. The molecule has 4 nitrogen and oxygen atoms in total. The predicted octanol–water partition coefficient (Wildman–Crippen LogP) is 2.83. The molecule has 1 fully saturated rings. The Bertz CT molecular complexity index is 466. The van der Waals surface area contributed by atoms with E-state index in [1.165, 1.54) is 5.56 Å². The van der Waals surface area contributed by atoms with Gasteiger partial charge >= 0.3 is 0 Å². The molecule has 1 saturated heterocycles. The van der Waals surface area contributed by atoms with Gasteiger partial charge in [0.25, 0.3) is 0 Å². The molecular weight excluding hydrogens is 332 g/mol. The SMILES string of the molecule is CNCC1OCCN(C(C)C)C1c1cc(OC)ccc1Br. The van der Waals surface area contributed by atoms with E-state index < -0.39 is 0 Å². The fourth-order valence-electron chi connectivity index (χ4n) is 2.96. The summed E-state index contributed by atoms with van der Waals surface area (Å²) in [6.07, 6.45) is 0.134.